The molecule has 4 heterocycles. The third-order valence-corrected chi connectivity index (χ3v) is 20.4. The summed E-state index contributed by atoms with van der Waals surface area (Å²) >= 11 is 22.2. The number of amides is 4. The van der Waals surface area contributed by atoms with Gasteiger partial charge < -0.3 is 53.9 Å². The Bertz CT molecular complexity index is 5520. The van der Waals surface area contributed by atoms with Gasteiger partial charge in [-0.2, -0.15) is 0 Å². The smallest absolute Gasteiger partial charge is 0.343 e. The first-order valence-electron chi connectivity index (χ1n) is 34.9. The molecule has 26 nitrogen and oxygen atoms in total. The zero-order chi connectivity index (χ0) is 86.6. The molecule has 117 heavy (non-hydrogen) atoms. The largest absolute Gasteiger partial charge is 0.505 e. The molecule has 4 amide bonds. The minimum absolute atomic E-state index is 0.120. The number of ether oxygens (including phenoxy) is 4. The summed E-state index contributed by atoms with van der Waals surface area (Å²) in [7, 11) is 1.21. The van der Waals surface area contributed by atoms with Crippen molar-refractivity contribution < 1.29 is 85.4 Å². The van der Waals surface area contributed by atoms with Crippen LogP contribution in [0, 0.1) is 77.3 Å². The molecule has 0 bridgehead atoms. The van der Waals surface area contributed by atoms with Crippen molar-refractivity contribution in [3.63, 3.8) is 0 Å². The molecule has 0 aromatic heterocycles. The number of anilines is 8. The Hall–Kier alpha value is -13.5. The van der Waals surface area contributed by atoms with E-state index in [-0.39, 0.29) is 61.3 Å². The molecule has 0 aliphatic carbocycles. The molecule has 8 aromatic rings. The highest BCUT2D eigenvalue weighted by Gasteiger charge is 2.54. The fourth-order valence-electron chi connectivity index (χ4n) is 12.8. The van der Waals surface area contributed by atoms with Crippen molar-refractivity contribution in [3.05, 3.63) is 237 Å². The number of nitrogens with zero attached hydrogens (tertiary/aromatic N) is 12. The molecule has 600 valence electrons. The van der Waals surface area contributed by atoms with E-state index in [0.717, 1.165) is 29.3 Å². The van der Waals surface area contributed by atoms with Crippen LogP contribution in [0.25, 0.3) is 19.4 Å². The summed E-state index contributed by atoms with van der Waals surface area (Å²) in [6, 6.07) is 36.0. The van der Waals surface area contributed by atoms with Gasteiger partial charge in [0.1, 0.15) is 22.2 Å². The molecule has 34 heteroatoms. The van der Waals surface area contributed by atoms with Gasteiger partial charge in [0.05, 0.1) is 33.4 Å². The standard InChI is InChI=1S/C22H20FN3O4S.2C21H18FN3O4S.C19H16FN3O2S/c1-13-10-14(6-8-17(13)24-4)25-20(28)22(2,3)26(21(25)31)15-7-9-18(16(23)11-15)30-12-19(27)29-5;2*1-12-9-13(5-7-16(12)23-4)24-19(28)21(2,3)25(20(24)30)14-6-8-17(15(22)10-14)29-11-18(26)27;1-11-9-12(5-7-15(11)21-4)22-17(25)19(2,3)23(18(22)26)13-6-8-16(24)14(20)10-13/h6-11H,12H2,1-3,5H3;2*5-10H,11H2,1-3H3,(H,26,27);5-10,24H,1-3H3. The van der Waals surface area contributed by atoms with Crippen LogP contribution in [0.15, 0.2) is 146 Å². The van der Waals surface area contributed by atoms with Crippen molar-refractivity contribution in [2.45, 2.75) is 105 Å². The molecular formula is C83H72F4N12O14S4. The Labute approximate surface area is 691 Å². The number of benzene rings is 8. The molecule has 0 atom stereocenters. The van der Waals surface area contributed by atoms with Gasteiger partial charge in [-0.3, -0.25) is 38.8 Å². The van der Waals surface area contributed by atoms with Crippen molar-refractivity contribution in [1.82, 2.24) is 0 Å². The monoisotopic (exact) mass is 1660 g/mol. The second kappa shape index (κ2) is 34.7. The predicted molar refractivity (Wildman–Crippen MR) is 447 cm³/mol. The van der Waals surface area contributed by atoms with Crippen molar-refractivity contribution in [2.75, 3.05) is 66.1 Å². The zero-order valence-corrected chi connectivity index (χ0v) is 68.1. The minimum Gasteiger partial charge on any atom is -0.505 e. The van der Waals surface area contributed by atoms with Gasteiger partial charge in [0.2, 0.25) is 0 Å². The number of halogens is 4. The molecular weight excluding hydrogens is 1590 g/mol. The van der Waals surface area contributed by atoms with E-state index < -0.39 is 88.9 Å². The Balaban J connectivity index is 0.000000178. The number of carbonyl (C=O) groups excluding carboxylic acids is 5. The third-order valence-electron chi connectivity index (χ3n) is 18.9. The topological polar surface area (TPSA) is 260 Å². The minimum atomic E-state index is -1.22. The highest BCUT2D eigenvalue weighted by Crippen LogP contribution is 2.45. The van der Waals surface area contributed by atoms with Crippen LogP contribution in [-0.2, 0) is 38.3 Å². The molecule has 4 aliphatic rings. The third kappa shape index (κ3) is 17.5. The van der Waals surface area contributed by atoms with E-state index in [0.29, 0.717) is 79.4 Å². The number of carboxylic acid groups (broad SMARTS) is 2. The molecule has 0 radical (unpaired) electrons. The van der Waals surface area contributed by atoms with E-state index in [2.05, 4.69) is 24.1 Å². The van der Waals surface area contributed by atoms with Crippen LogP contribution in [0.2, 0.25) is 0 Å². The maximum atomic E-state index is 14.6. The number of hydrogen-bond donors (Lipinski definition) is 3. The maximum absolute atomic E-state index is 14.6. The van der Waals surface area contributed by atoms with E-state index in [4.69, 9.17) is 99.6 Å². The van der Waals surface area contributed by atoms with E-state index in [1.54, 1.807) is 172 Å². The Kier molecular flexibility index (Phi) is 25.9. The van der Waals surface area contributed by atoms with Gasteiger partial charge in [0, 0.05) is 69.8 Å². The number of methoxy groups -OCH3 is 1. The number of esters is 1. The first-order chi connectivity index (χ1) is 54.9. The molecule has 4 aliphatic heterocycles. The summed E-state index contributed by atoms with van der Waals surface area (Å²) in [5.74, 6) is -8.24. The molecule has 4 fully saturated rings. The fraction of sp³-hybridized carbons (Fsp3) is 0.241. The van der Waals surface area contributed by atoms with Crippen LogP contribution in [0.5, 0.6) is 23.0 Å². The lowest BCUT2D eigenvalue weighted by Crippen LogP contribution is -2.44. The Morgan fingerprint density at radius 1 is 0.368 bits per heavy atom. The Morgan fingerprint density at radius 2 is 0.590 bits per heavy atom. The second-order valence-electron chi connectivity index (χ2n) is 28.3. The van der Waals surface area contributed by atoms with Gasteiger partial charge in [0.15, 0.2) is 109 Å². The average Bonchev–Trinajstić information content (AvgIpc) is 1.61. The fourth-order valence-corrected chi connectivity index (χ4v) is 14.9. The number of hydrogen-bond acceptors (Lipinski definition) is 16. The summed E-state index contributed by atoms with van der Waals surface area (Å²) in [6.07, 6.45) is 0. The first kappa shape index (κ1) is 87.5. The number of carbonyl (C=O) groups is 7. The summed E-state index contributed by atoms with van der Waals surface area (Å²) < 4.78 is 76.8. The lowest BCUT2D eigenvalue weighted by molar-refractivity contribution is -0.143. The van der Waals surface area contributed by atoms with Crippen LogP contribution in [0.1, 0.15) is 77.6 Å². The molecule has 12 rings (SSSR count). The zero-order valence-electron chi connectivity index (χ0n) is 64.8. The van der Waals surface area contributed by atoms with Gasteiger partial charge in [-0.15, -0.1) is 0 Å². The molecule has 4 saturated heterocycles. The SMILES string of the molecule is [C-]#[N+]c1ccc(N2C(=O)C(C)(C)N(c3ccc(O)c(F)c3)C2=S)cc1C.[C-]#[N+]c1ccc(N2C(=O)C(C)(C)N(c3ccc(OCC(=O)O)c(F)c3)C2=S)cc1C.[C-]#[N+]c1ccc(N2C(=O)C(C)(C)N(c3ccc(OCC(=O)O)c(F)c3)C2=S)cc1C.[C-]#[N+]c1ccc(N2C(=O)C(C)(C)N(c3ccc(OCC(=O)OC)c(F)c3)C2=S)cc1C. The lowest BCUT2D eigenvalue weighted by Gasteiger charge is -2.29. The number of thiocarbonyl (C=S) groups is 4. The van der Waals surface area contributed by atoms with Crippen LogP contribution in [0.4, 0.5) is 85.8 Å². The number of phenolic OH excluding ortho intramolecular Hbond substituents is 1. The van der Waals surface area contributed by atoms with Crippen LogP contribution in [-0.4, -0.2) is 126 Å². The van der Waals surface area contributed by atoms with Crippen molar-refractivity contribution in [2.24, 2.45) is 0 Å². The molecule has 0 unspecified atom stereocenters. The summed E-state index contributed by atoms with van der Waals surface area (Å²) in [4.78, 5) is 110. The second-order valence-corrected chi connectivity index (χ2v) is 29.8. The van der Waals surface area contributed by atoms with Gasteiger partial charge >= 0.3 is 17.9 Å². The normalized spacial score (nSPS) is 15.4. The summed E-state index contributed by atoms with van der Waals surface area (Å²) in [5, 5.41) is 27.5. The van der Waals surface area contributed by atoms with Gasteiger partial charge in [-0.25, -0.2) is 51.3 Å². The van der Waals surface area contributed by atoms with E-state index in [1.165, 1.54) is 85.0 Å². The maximum Gasteiger partial charge on any atom is 0.343 e. The van der Waals surface area contributed by atoms with E-state index in [1.807, 2.05) is 0 Å². The lowest BCUT2D eigenvalue weighted by atomic mass is 10.0. The highest BCUT2D eigenvalue weighted by atomic mass is 32.1. The van der Waals surface area contributed by atoms with Crippen molar-refractivity contribution in [3.8, 4) is 23.0 Å². The summed E-state index contributed by atoms with van der Waals surface area (Å²) in [6.45, 7) is 47.5. The molecule has 3 N–H and O–H groups in total. The Morgan fingerprint density at radius 3 is 0.795 bits per heavy atom. The quantitative estimate of drug-likeness (QED) is 0.0331. The van der Waals surface area contributed by atoms with Gasteiger partial charge in [0.25, 0.3) is 23.6 Å². The van der Waals surface area contributed by atoms with Gasteiger partial charge in [-0.05, 0) is 251 Å². The average molecular weight is 1670 g/mol. The number of aromatic hydroxyl groups is 1. The van der Waals surface area contributed by atoms with Crippen LogP contribution >= 0.6 is 48.9 Å². The van der Waals surface area contributed by atoms with Crippen LogP contribution < -0.4 is 53.4 Å². The van der Waals surface area contributed by atoms with Crippen molar-refractivity contribution >= 4 is 179 Å². The van der Waals surface area contributed by atoms with E-state index in [9.17, 15) is 56.2 Å². The first-order valence-corrected chi connectivity index (χ1v) is 36.5. The van der Waals surface area contributed by atoms with E-state index >= 15 is 0 Å². The molecule has 0 spiro atoms. The molecule has 8 aromatic carbocycles. The number of carboxylic acids is 2. The number of aliphatic carboxylic acids is 2. The number of phenols is 1. The van der Waals surface area contributed by atoms with Crippen molar-refractivity contribution in [1.29, 1.82) is 0 Å². The molecule has 0 saturated carbocycles. The van der Waals surface area contributed by atoms with Crippen LogP contribution in [0.3, 0.4) is 0 Å². The number of rotatable bonds is 17. The highest BCUT2D eigenvalue weighted by molar-refractivity contribution is 7.81. The summed E-state index contributed by atoms with van der Waals surface area (Å²) in [5.41, 5.74) is 4.04. The van der Waals surface area contributed by atoms with Gasteiger partial charge in [-0.1, -0.05) is 24.3 Å². The predicted octanol–water partition coefficient (Wildman–Crippen LogP) is 16.6. The number of aryl methyl sites for hydroxylation is 4.